The fourth-order valence-corrected chi connectivity index (χ4v) is 2.89. The summed E-state index contributed by atoms with van der Waals surface area (Å²) < 4.78 is 6.18. The number of carbonyl (C=O) groups excluding carboxylic acids is 1. The fourth-order valence-electron chi connectivity index (χ4n) is 2.89. The number of hydrogen-bond donors (Lipinski definition) is 3. The van der Waals surface area contributed by atoms with Gasteiger partial charge in [0.2, 0.25) is 5.91 Å². The Kier molecular flexibility index (Phi) is 5.85. The van der Waals surface area contributed by atoms with Crippen LogP contribution in [0.4, 0.5) is 5.69 Å². The van der Waals surface area contributed by atoms with Crippen molar-refractivity contribution in [3.05, 3.63) is 23.8 Å². The molecule has 0 aliphatic carbocycles. The Bertz CT molecular complexity index is 550. The number of nitrogens with one attached hydrogen (secondary N) is 1. The van der Waals surface area contributed by atoms with Gasteiger partial charge in [-0.3, -0.25) is 4.79 Å². The summed E-state index contributed by atoms with van der Waals surface area (Å²) in [5.74, 6) is 0.820. The maximum atomic E-state index is 12.7. The number of likely N-dealkylation sites (N-methyl/N-ethyl adjacent to an activating group) is 1. The number of anilines is 1. The molecule has 0 spiro atoms. The van der Waals surface area contributed by atoms with Gasteiger partial charge in [-0.15, -0.1) is 0 Å². The molecule has 0 saturated carbocycles. The van der Waals surface area contributed by atoms with Gasteiger partial charge in [-0.1, -0.05) is 6.92 Å². The topological polar surface area (TPSA) is 87.8 Å². The predicted octanol–water partition coefficient (Wildman–Crippen LogP) is 0.637. The van der Waals surface area contributed by atoms with Crippen LogP contribution in [0.25, 0.3) is 0 Å². The molecule has 1 aromatic rings. The van der Waals surface area contributed by atoms with Gasteiger partial charge in [0.05, 0.1) is 19.1 Å². The molecule has 1 amide bonds. The lowest BCUT2D eigenvalue weighted by Crippen LogP contribution is -2.47. The van der Waals surface area contributed by atoms with E-state index in [4.69, 9.17) is 10.5 Å². The first kappa shape index (κ1) is 17.6. The molecule has 4 N–H and O–H groups in total. The van der Waals surface area contributed by atoms with Crippen LogP contribution in [0.15, 0.2) is 18.2 Å². The van der Waals surface area contributed by atoms with Crippen molar-refractivity contribution in [3.63, 3.8) is 0 Å². The third-order valence-electron chi connectivity index (χ3n) is 4.35. The molecule has 0 aromatic heterocycles. The maximum absolute atomic E-state index is 12.7. The number of ether oxygens (including phenoxy) is 1. The second kappa shape index (κ2) is 7.66. The molecule has 23 heavy (non-hydrogen) atoms. The number of nitrogens with zero attached hydrogens (tertiary/aromatic N) is 1. The van der Waals surface area contributed by atoms with Crippen molar-refractivity contribution < 1.29 is 14.6 Å². The summed E-state index contributed by atoms with van der Waals surface area (Å²) in [6.45, 7) is 5.10. The summed E-state index contributed by atoms with van der Waals surface area (Å²) in [7, 11) is 1.88. The number of aliphatic hydroxyl groups excluding tert-OH is 1. The number of benzene rings is 1. The van der Waals surface area contributed by atoms with Gasteiger partial charge in [0, 0.05) is 30.3 Å². The number of aliphatic hydroxyl groups is 1. The Morgan fingerprint density at radius 2 is 2.26 bits per heavy atom. The van der Waals surface area contributed by atoms with Gasteiger partial charge < -0.3 is 25.8 Å². The zero-order valence-electron chi connectivity index (χ0n) is 14.1. The quantitative estimate of drug-likeness (QED) is 0.708. The minimum Gasteiger partial charge on any atom is -0.488 e. The highest BCUT2D eigenvalue weighted by Crippen LogP contribution is 2.27. The number of nitrogens with two attached hydrogens (primary N) is 1. The van der Waals surface area contributed by atoms with E-state index in [1.165, 1.54) is 0 Å². The SMILES string of the molecule is CNC[C@H]1Oc2ccc(N)cc2CC(=O)N([C@H](C)CO)C[C@H]1C. The third-order valence-corrected chi connectivity index (χ3v) is 4.35. The number of amides is 1. The molecule has 6 nitrogen and oxygen atoms in total. The standard InChI is InChI=1S/C17H27N3O3/c1-11-9-20(12(2)10-21)17(22)7-13-6-14(18)4-5-15(13)23-16(11)8-19-3/h4-6,11-12,16,19,21H,7-10,18H2,1-3H3/t11-,12-,16-/m1/s1. The molecule has 2 rings (SSSR count). The zero-order chi connectivity index (χ0) is 17.0. The third kappa shape index (κ3) is 4.14. The molecule has 0 saturated heterocycles. The molecule has 0 bridgehead atoms. The van der Waals surface area contributed by atoms with Crippen molar-refractivity contribution in [2.24, 2.45) is 5.92 Å². The first-order valence-corrected chi connectivity index (χ1v) is 8.06. The molecule has 6 heteroatoms. The lowest BCUT2D eigenvalue weighted by Gasteiger charge is -2.32. The highest BCUT2D eigenvalue weighted by atomic mass is 16.5. The van der Waals surface area contributed by atoms with Crippen LogP contribution in [0.1, 0.15) is 19.4 Å². The van der Waals surface area contributed by atoms with E-state index in [0.29, 0.717) is 24.5 Å². The van der Waals surface area contributed by atoms with Crippen molar-refractivity contribution in [2.45, 2.75) is 32.4 Å². The molecule has 1 aliphatic heterocycles. The summed E-state index contributed by atoms with van der Waals surface area (Å²) in [6.07, 6.45) is 0.158. The second-order valence-electron chi connectivity index (χ2n) is 6.31. The number of rotatable bonds is 4. The first-order valence-electron chi connectivity index (χ1n) is 8.06. The van der Waals surface area contributed by atoms with E-state index in [1.807, 2.05) is 20.0 Å². The van der Waals surface area contributed by atoms with Crippen LogP contribution in [0.2, 0.25) is 0 Å². The molecule has 1 aromatic carbocycles. The van der Waals surface area contributed by atoms with Crippen molar-refractivity contribution in [2.75, 3.05) is 32.5 Å². The lowest BCUT2D eigenvalue weighted by atomic mass is 10.0. The molecular formula is C17H27N3O3. The lowest BCUT2D eigenvalue weighted by molar-refractivity contribution is -0.134. The van der Waals surface area contributed by atoms with Crippen molar-refractivity contribution in [1.29, 1.82) is 0 Å². The summed E-state index contributed by atoms with van der Waals surface area (Å²) in [5, 5.41) is 12.6. The smallest absolute Gasteiger partial charge is 0.227 e. The van der Waals surface area contributed by atoms with E-state index in [1.54, 1.807) is 17.0 Å². The molecular weight excluding hydrogens is 294 g/mol. The molecule has 0 fully saturated rings. The second-order valence-corrected chi connectivity index (χ2v) is 6.31. The van der Waals surface area contributed by atoms with Crippen LogP contribution >= 0.6 is 0 Å². The van der Waals surface area contributed by atoms with Gasteiger partial charge in [-0.25, -0.2) is 0 Å². The van der Waals surface area contributed by atoms with Crippen LogP contribution in [0, 0.1) is 5.92 Å². The normalized spacial score (nSPS) is 23.3. The molecule has 0 radical (unpaired) electrons. The summed E-state index contributed by atoms with van der Waals surface area (Å²) in [5.41, 5.74) is 7.27. The molecule has 1 heterocycles. The van der Waals surface area contributed by atoms with E-state index < -0.39 is 0 Å². The van der Waals surface area contributed by atoms with E-state index in [-0.39, 0.29) is 37.0 Å². The monoisotopic (exact) mass is 321 g/mol. The van der Waals surface area contributed by atoms with Gasteiger partial charge in [0.15, 0.2) is 0 Å². The van der Waals surface area contributed by atoms with Gasteiger partial charge in [-0.05, 0) is 32.2 Å². The van der Waals surface area contributed by atoms with Gasteiger partial charge in [0.25, 0.3) is 0 Å². The van der Waals surface area contributed by atoms with Gasteiger partial charge >= 0.3 is 0 Å². The van der Waals surface area contributed by atoms with E-state index >= 15 is 0 Å². The van der Waals surface area contributed by atoms with Gasteiger partial charge in [-0.2, -0.15) is 0 Å². The fraction of sp³-hybridized carbons (Fsp3) is 0.588. The highest BCUT2D eigenvalue weighted by molar-refractivity contribution is 5.80. The Morgan fingerprint density at radius 3 is 2.91 bits per heavy atom. The number of hydrogen-bond acceptors (Lipinski definition) is 5. The minimum absolute atomic E-state index is 0.0149. The Hall–Kier alpha value is -1.79. The van der Waals surface area contributed by atoms with E-state index in [9.17, 15) is 9.90 Å². The first-order chi connectivity index (χ1) is 11.0. The summed E-state index contributed by atoms with van der Waals surface area (Å²) in [6, 6.07) is 5.19. The van der Waals surface area contributed by atoms with Crippen LogP contribution in [0.3, 0.4) is 0 Å². The molecule has 3 atom stereocenters. The maximum Gasteiger partial charge on any atom is 0.227 e. The largest absolute Gasteiger partial charge is 0.488 e. The number of nitrogen functional groups attached to an aromatic ring is 1. The highest BCUT2D eigenvalue weighted by Gasteiger charge is 2.29. The predicted molar refractivity (Wildman–Crippen MR) is 90.3 cm³/mol. The van der Waals surface area contributed by atoms with Crippen molar-refractivity contribution in [3.8, 4) is 5.75 Å². The minimum atomic E-state index is -0.220. The van der Waals surface area contributed by atoms with E-state index in [0.717, 1.165) is 5.56 Å². The van der Waals surface area contributed by atoms with Crippen LogP contribution in [-0.2, 0) is 11.2 Å². The number of fused-ring (bicyclic) bond motifs is 1. The van der Waals surface area contributed by atoms with Crippen LogP contribution < -0.4 is 15.8 Å². The van der Waals surface area contributed by atoms with Crippen LogP contribution in [0.5, 0.6) is 5.75 Å². The summed E-state index contributed by atoms with van der Waals surface area (Å²) in [4.78, 5) is 14.5. The molecule has 0 unspecified atom stereocenters. The van der Waals surface area contributed by atoms with Crippen LogP contribution in [-0.4, -0.2) is 54.8 Å². The Labute approximate surface area is 137 Å². The average Bonchev–Trinajstić information content (AvgIpc) is 2.56. The van der Waals surface area contributed by atoms with Crippen molar-refractivity contribution >= 4 is 11.6 Å². The van der Waals surface area contributed by atoms with E-state index in [2.05, 4.69) is 12.2 Å². The summed E-state index contributed by atoms with van der Waals surface area (Å²) >= 11 is 0. The van der Waals surface area contributed by atoms with Gasteiger partial charge in [0.1, 0.15) is 11.9 Å². The Morgan fingerprint density at radius 1 is 1.52 bits per heavy atom. The molecule has 1 aliphatic rings. The Balaban J connectivity index is 2.40. The van der Waals surface area contributed by atoms with Crippen molar-refractivity contribution in [1.82, 2.24) is 10.2 Å². The number of carbonyl (C=O) groups is 1. The zero-order valence-corrected chi connectivity index (χ0v) is 14.1. The average molecular weight is 321 g/mol. The molecule has 128 valence electrons.